The van der Waals surface area contributed by atoms with E-state index in [0.29, 0.717) is 0 Å². The molecule has 8 aromatic rings. The monoisotopic (exact) mass is 610 g/mol. The van der Waals surface area contributed by atoms with Gasteiger partial charge >= 0.3 is 0 Å². The molecule has 1 aliphatic rings. The molecule has 0 spiro atoms. The summed E-state index contributed by atoms with van der Waals surface area (Å²) in [5, 5.41) is 7.71. The predicted octanol–water partition coefficient (Wildman–Crippen LogP) is 13.3. The Kier molecular flexibility index (Phi) is 7.06. The summed E-state index contributed by atoms with van der Waals surface area (Å²) in [6.45, 7) is 0. The summed E-state index contributed by atoms with van der Waals surface area (Å²) in [7, 11) is 0. The van der Waals surface area contributed by atoms with Crippen molar-refractivity contribution < 1.29 is 0 Å². The van der Waals surface area contributed by atoms with Crippen LogP contribution in [0.5, 0.6) is 0 Å². The van der Waals surface area contributed by atoms with Crippen LogP contribution in [0, 0.1) is 0 Å². The molecule has 0 saturated heterocycles. The van der Waals surface area contributed by atoms with Gasteiger partial charge in [-0.05, 0) is 107 Å². The van der Waals surface area contributed by atoms with E-state index in [0.717, 1.165) is 12.8 Å². The third-order valence-electron chi connectivity index (χ3n) is 10.0. The first kappa shape index (κ1) is 28.3. The fraction of sp³-hybridized carbons (Fsp3) is 0.0417. The first-order valence-corrected chi connectivity index (χ1v) is 16.9. The molecule has 9 rings (SSSR count). The molecule has 0 saturated carbocycles. The SMILES string of the molecule is C1=C(c2ccc(-c3ccc4ccccc4c3)cc2)CCC(c2ccccc2)=C1c1c2ccccc2c(-c2ccccc2)c2ccccc12. The van der Waals surface area contributed by atoms with E-state index in [-0.39, 0.29) is 0 Å². The maximum Gasteiger partial charge on any atom is -0.00233 e. The van der Waals surface area contributed by atoms with Crippen molar-refractivity contribution in [3.8, 4) is 22.3 Å². The Morgan fingerprint density at radius 1 is 0.312 bits per heavy atom. The van der Waals surface area contributed by atoms with E-state index in [1.54, 1.807) is 0 Å². The van der Waals surface area contributed by atoms with Gasteiger partial charge in [0.25, 0.3) is 0 Å². The van der Waals surface area contributed by atoms with Crippen LogP contribution < -0.4 is 0 Å². The van der Waals surface area contributed by atoms with Gasteiger partial charge in [-0.1, -0.05) is 176 Å². The lowest BCUT2D eigenvalue weighted by molar-refractivity contribution is 1.08. The zero-order chi connectivity index (χ0) is 31.9. The van der Waals surface area contributed by atoms with Crippen LogP contribution in [0.1, 0.15) is 29.5 Å². The molecule has 0 nitrogen and oxygen atoms in total. The summed E-state index contributed by atoms with van der Waals surface area (Å²) in [5.74, 6) is 0. The molecule has 0 heteroatoms. The number of benzene rings is 8. The minimum Gasteiger partial charge on any atom is -0.0622 e. The van der Waals surface area contributed by atoms with Gasteiger partial charge in [-0.3, -0.25) is 0 Å². The van der Waals surface area contributed by atoms with Crippen molar-refractivity contribution in [3.05, 3.63) is 199 Å². The second-order valence-corrected chi connectivity index (χ2v) is 12.8. The molecule has 226 valence electrons. The normalized spacial score (nSPS) is 13.3. The largest absolute Gasteiger partial charge is 0.0622 e. The second kappa shape index (κ2) is 12.0. The fourth-order valence-corrected chi connectivity index (χ4v) is 7.70. The third kappa shape index (κ3) is 4.94. The average molecular weight is 611 g/mol. The van der Waals surface area contributed by atoms with Crippen LogP contribution in [0.15, 0.2) is 182 Å². The van der Waals surface area contributed by atoms with Crippen LogP contribution in [0.3, 0.4) is 0 Å². The van der Waals surface area contributed by atoms with Crippen molar-refractivity contribution in [1.82, 2.24) is 0 Å². The van der Waals surface area contributed by atoms with Crippen LogP contribution in [0.25, 0.3) is 71.3 Å². The Bertz CT molecular complexity index is 2460. The van der Waals surface area contributed by atoms with Crippen molar-refractivity contribution >= 4 is 49.0 Å². The molecule has 0 aromatic heterocycles. The van der Waals surface area contributed by atoms with E-state index in [1.807, 2.05) is 0 Å². The van der Waals surface area contributed by atoms with E-state index in [9.17, 15) is 0 Å². The molecule has 48 heavy (non-hydrogen) atoms. The molecule has 0 radical (unpaired) electrons. The van der Waals surface area contributed by atoms with Crippen molar-refractivity contribution in [2.75, 3.05) is 0 Å². The maximum atomic E-state index is 2.49. The number of fused-ring (bicyclic) bond motifs is 3. The van der Waals surface area contributed by atoms with Crippen molar-refractivity contribution in [2.45, 2.75) is 12.8 Å². The highest BCUT2D eigenvalue weighted by molar-refractivity contribution is 6.22. The summed E-state index contributed by atoms with van der Waals surface area (Å²) in [5.41, 5.74) is 13.1. The van der Waals surface area contributed by atoms with E-state index in [2.05, 4.69) is 182 Å². The lowest BCUT2D eigenvalue weighted by Gasteiger charge is -2.25. The Morgan fingerprint density at radius 2 is 0.812 bits per heavy atom. The summed E-state index contributed by atoms with van der Waals surface area (Å²) < 4.78 is 0. The van der Waals surface area contributed by atoms with Crippen LogP contribution in [-0.4, -0.2) is 0 Å². The van der Waals surface area contributed by atoms with Gasteiger partial charge in [0.2, 0.25) is 0 Å². The van der Waals surface area contributed by atoms with E-state index >= 15 is 0 Å². The molecule has 8 aromatic carbocycles. The summed E-state index contributed by atoms with van der Waals surface area (Å²) in [6, 6.07) is 64.4. The highest BCUT2D eigenvalue weighted by Gasteiger charge is 2.23. The summed E-state index contributed by atoms with van der Waals surface area (Å²) in [4.78, 5) is 0. The topological polar surface area (TPSA) is 0 Å². The van der Waals surface area contributed by atoms with Crippen molar-refractivity contribution in [2.24, 2.45) is 0 Å². The minimum absolute atomic E-state index is 0.987. The van der Waals surface area contributed by atoms with Gasteiger partial charge in [-0.15, -0.1) is 0 Å². The molecule has 0 heterocycles. The van der Waals surface area contributed by atoms with Crippen LogP contribution in [0.2, 0.25) is 0 Å². The number of allylic oxidation sites excluding steroid dienone is 4. The first-order chi connectivity index (χ1) is 23.8. The molecular weight excluding hydrogens is 577 g/mol. The predicted molar refractivity (Wildman–Crippen MR) is 207 cm³/mol. The molecule has 0 bridgehead atoms. The standard InChI is InChI=1S/C48H34/c1-3-14-36(15-4-1)41-30-29-40(35-25-23-34(24-26-35)39-28-27-33-13-7-8-18-38(33)31-39)32-46(41)48-44-21-11-9-19-42(44)47(37-16-5-2-6-17-37)43-20-10-12-22-45(43)48/h1-28,31-32H,29-30H2. The Morgan fingerprint density at radius 3 is 1.46 bits per heavy atom. The van der Waals surface area contributed by atoms with Gasteiger partial charge in [0.05, 0.1) is 0 Å². The van der Waals surface area contributed by atoms with Gasteiger partial charge in [0, 0.05) is 0 Å². The third-order valence-corrected chi connectivity index (χ3v) is 10.0. The zero-order valence-electron chi connectivity index (χ0n) is 26.7. The van der Waals surface area contributed by atoms with Crippen LogP contribution >= 0.6 is 0 Å². The van der Waals surface area contributed by atoms with Crippen LogP contribution in [0.4, 0.5) is 0 Å². The Hall–Kier alpha value is -5.98. The molecule has 0 amide bonds. The van der Waals surface area contributed by atoms with Gasteiger partial charge < -0.3 is 0 Å². The molecule has 1 aliphatic carbocycles. The number of hydrogen-bond donors (Lipinski definition) is 0. The number of hydrogen-bond acceptors (Lipinski definition) is 0. The molecular formula is C48H34. The molecule has 0 N–H and O–H groups in total. The highest BCUT2D eigenvalue weighted by Crippen LogP contribution is 2.47. The zero-order valence-corrected chi connectivity index (χ0v) is 26.7. The Balaban J connectivity index is 1.24. The lowest BCUT2D eigenvalue weighted by atomic mass is 9.79. The van der Waals surface area contributed by atoms with Crippen molar-refractivity contribution in [3.63, 3.8) is 0 Å². The number of rotatable bonds is 5. The average Bonchev–Trinajstić information content (AvgIpc) is 3.17. The van der Waals surface area contributed by atoms with Crippen LogP contribution in [-0.2, 0) is 0 Å². The maximum absolute atomic E-state index is 2.49. The van der Waals surface area contributed by atoms with Gasteiger partial charge in [0.1, 0.15) is 0 Å². The molecule has 0 aliphatic heterocycles. The smallest absolute Gasteiger partial charge is 0.00233 e. The minimum atomic E-state index is 0.987. The first-order valence-electron chi connectivity index (χ1n) is 16.9. The van der Waals surface area contributed by atoms with E-state index in [1.165, 1.54) is 88.0 Å². The van der Waals surface area contributed by atoms with Gasteiger partial charge in [0.15, 0.2) is 0 Å². The van der Waals surface area contributed by atoms with Crippen molar-refractivity contribution in [1.29, 1.82) is 0 Å². The fourth-order valence-electron chi connectivity index (χ4n) is 7.70. The summed E-state index contributed by atoms with van der Waals surface area (Å²) >= 11 is 0. The molecule has 0 atom stereocenters. The lowest BCUT2D eigenvalue weighted by Crippen LogP contribution is -2.01. The highest BCUT2D eigenvalue weighted by atomic mass is 14.3. The molecule has 0 unspecified atom stereocenters. The Labute approximate surface area is 282 Å². The molecule has 0 fully saturated rings. The quantitative estimate of drug-likeness (QED) is 0.170. The second-order valence-electron chi connectivity index (χ2n) is 12.8. The van der Waals surface area contributed by atoms with E-state index in [4.69, 9.17) is 0 Å². The van der Waals surface area contributed by atoms with E-state index < -0.39 is 0 Å². The van der Waals surface area contributed by atoms with Gasteiger partial charge in [-0.25, -0.2) is 0 Å². The summed E-state index contributed by atoms with van der Waals surface area (Å²) in [6.07, 6.45) is 4.48. The van der Waals surface area contributed by atoms with Gasteiger partial charge in [-0.2, -0.15) is 0 Å².